The molecular formula is C24H29N3O. The molecule has 0 heterocycles. The van der Waals surface area contributed by atoms with Crippen LogP contribution < -0.4 is 5.32 Å². The molecule has 146 valence electrons. The van der Waals surface area contributed by atoms with Gasteiger partial charge >= 0.3 is 0 Å². The van der Waals surface area contributed by atoms with E-state index in [1.54, 1.807) is 0 Å². The number of benzene rings is 3. The van der Waals surface area contributed by atoms with E-state index in [-0.39, 0.29) is 6.29 Å². The zero-order valence-electron chi connectivity index (χ0n) is 17.0. The minimum absolute atomic E-state index is 0.0768. The second-order valence-electron chi connectivity index (χ2n) is 7.47. The van der Waals surface area contributed by atoms with E-state index >= 15 is 0 Å². The van der Waals surface area contributed by atoms with Gasteiger partial charge in [-0.2, -0.15) is 0 Å². The standard InChI is InChI=1S/C24H29N3O/c1-26(2)23(27(3)4)25-22-17-15-21(16-18-22)24(28,19-11-7-5-8-12-19)20-13-9-6-10-14-20/h5-18,23,25,28H,1-4H3. The summed E-state index contributed by atoms with van der Waals surface area (Å²) in [7, 11) is 8.15. The molecule has 0 aliphatic heterocycles. The van der Waals surface area contributed by atoms with E-state index in [2.05, 4.69) is 15.1 Å². The van der Waals surface area contributed by atoms with E-state index in [4.69, 9.17) is 0 Å². The largest absolute Gasteiger partial charge is 0.376 e. The summed E-state index contributed by atoms with van der Waals surface area (Å²) in [5, 5.41) is 15.3. The summed E-state index contributed by atoms with van der Waals surface area (Å²) in [4.78, 5) is 4.22. The Kier molecular flexibility index (Phi) is 6.15. The minimum atomic E-state index is -1.20. The third-order valence-corrected chi connectivity index (χ3v) is 4.96. The lowest BCUT2D eigenvalue weighted by atomic mass is 9.80. The number of aliphatic hydroxyl groups is 1. The first-order valence-corrected chi connectivity index (χ1v) is 9.46. The zero-order valence-corrected chi connectivity index (χ0v) is 17.0. The molecule has 0 unspecified atom stereocenters. The van der Waals surface area contributed by atoms with Crippen molar-refractivity contribution in [3.8, 4) is 0 Å². The van der Waals surface area contributed by atoms with Crippen LogP contribution in [-0.4, -0.2) is 49.4 Å². The van der Waals surface area contributed by atoms with Crippen LogP contribution in [-0.2, 0) is 5.60 Å². The van der Waals surface area contributed by atoms with Gasteiger partial charge in [-0.05, 0) is 57.0 Å². The van der Waals surface area contributed by atoms with Gasteiger partial charge in [-0.3, -0.25) is 9.80 Å². The van der Waals surface area contributed by atoms with Gasteiger partial charge in [-0.1, -0.05) is 72.8 Å². The first-order valence-electron chi connectivity index (χ1n) is 9.46. The van der Waals surface area contributed by atoms with Gasteiger partial charge in [0.1, 0.15) is 11.9 Å². The molecule has 0 radical (unpaired) electrons. The molecule has 4 heteroatoms. The Labute approximate surface area is 168 Å². The van der Waals surface area contributed by atoms with Crippen molar-refractivity contribution in [2.45, 2.75) is 11.9 Å². The second kappa shape index (κ2) is 8.57. The van der Waals surface area contributed by atoms with Gasteiger partial charge in [0.05, 0.1) is 0 Å². The third kappa shape index (κ3) is 4.09. The zero-order chi connectivity index (χ0) is 20.1. The summed E-state index contributed by atoms with van der Waals surface area (Å²) in [6.07, 6.45) is 0.0768. The summed E-state index contributed by atoms with van der Waals surface area (Å²) < 4.78 is 0. The Morgan fingerprint density at radius 3 is 1.43 bits per heavy atom. The van der Waals surface area contributed by atoms with Gasteiger partial charge in [-0.25, -0.2) is 0 Å². The first-order chi connectivity index (χ1) is 13.4. The molecule has 0 saturated carbocycles. The van der Waals surface area contributed by atoms with Crippen LogP contribution in [0.3, 0.4) is 0 Å². The average Bonchev–Trinajstić information content (AvgIpc) is 2.72. The maximum atomic E-state index is 11.8. The molecule has 3 aromatic rings. The van der Waals surface area contributed by atoms with Crippen LogP contribution in [0, 0.1) is 0 Å². The van der Waals surface area contributed by atoms with E-state index in [0.29, 0.717) is 0 Å². The minimum Gasteiger partial charge on any atom is -0.376 e. The number of nitrogens with one attached hydrogen (secondary N) is 1. The Morgan fingerprint density at radius 1 is 0.643 bits per heavy atom. The fourth-order valence-electron chi connectivity index (χ4n) is 3.54. The van der Waals surface area contributed by atoms with Gasteiger partial charge in [-0.15, -0.1) is 0 Å². The number of hydrogen-bond acceptors (Lipinski definition) is 4. The lowest BCUT2D eigenvalue weighted by Crippen LogP contribution is -2.46. The van der Waals surface area contributed by atoms with Gasteiger partial charge in [0.25, 0.3) is 0 Å². The molecule has 0 spiro atoms. The van der Waals surface area contributed by atoms with Crippen LogP contribution in [0.4, 0.5) is 5.69 Å². The van der Waals surface area contributed by atoms with Crippen LogP contribution in [0.5, 0.6) is 0 Å². The van der Waals surface area contributed by atoms with Crippen LogP contribution in [0.15, 0.2) is 84.9 Å². The van der Waals surface area contributed by atoms with Crippen LogP contribution in [0.2, 0.25) is 0 Å². The van der Waals surface area contributed by atoms with E-state index in [1.807, 2.05) is 113 Å². The lowest BCUT2D eigenvalue weighted by molar-refractivity contribution is 0.125. The number of rotatable bonds is 7. The van der Waals surface area contributed by atoms with Crippen molar-refractivity contribution in [1.82, 2.24) is 9.80 Å². The topological polar surface area (TPSA) is 38.7 Å². The fraction of sp³-hybridized carbons (Fsp3) is 0.250. The van der Waals surface area contributed by atoms with Gasteiger partial charge in [0.15, 0.2) is 0 Å². The van der Waals surface area contributed by atoms with Crippen molar-refractivity contribution < 1.29 is 5.11 Å². The van der Waals surface area contributed by atoms with E-state index < -0.39 is 5.60 Å². The molecular weight excluding hydrogens is 346 g/mol. The van der Waals surface area contributed by atoms with Crippen molar-refractivity contribution in [2.75, 3.05) is 33.5 Å². The predicted octanol–water partition coefficient (Wildman–Crippen LogP) is 3.79. The monoisotopic (exact) mass is 375 g/mol. The highest BCUT2D eigenvalue weighted by Crippen LogP contribution is 2.36. The van der Waals surface area contributed by atoms with Crippen molar-refractivity contribution in [1.29, 1.82) is 0 Å². The number of anilines is 1. The number of hydrogen-bond donors (Lipinski definition) is 2. The fourth-order valence-corrected chi connectivity index (χ4v) is 3.54. The average molecular weight is 376 g/mol. The van der Waals surface area contributed by atoms with Gasteiger partial charge < -0.3 is 10.4 Å². The van der Waals surface area contributed by atoms with Crippen LogP contribution >= 0.6 is 0 Å². The molecule has 0 aromatic heterocycles. The summed E-state index contributed by atoms with van der Waals surface area (Å²) >= 11 is 0. The van der Waals surface area contributed by atoms with Crippen molar-refractivity contribution in [3.63, 3.8) is 0 Å². The molecule has 2 N–H and O–H groups in total. The Morgan fingerprint density at radius 2 is 1.04 bits per heavy atom. The molecule has 0 amide bonds. The summed E-state index contributed by atoms with van der Waals surface area (Å²) in [5.41, 5.74) is 2.33. The molecule has 0 fully saturated rings. The van der Waals surface area contributed by atoms with Crippen molar-refractivity contribution in [2.24, 2.45) is 0 Å². The molecule has 3 rings (SSSR count). The summed E-state index contributed by atoms with van der Waals surface area (Å²) in [6, 6.07) is 27.6. The molecule has 3 aromatic carbocycles. The predicted molar refractivity (Wildman–Crippen MR) is 116 cm³/mol. The van der Waals surface area contributed by atoms with E-state index in [9.17, 15) is 5.11 Å². The maximum Gasteiger partial charge on any atom is 0.140 e. The molecule has 0 aliphatic rings. The van der Waals surface area contributed by atoms with Gasteiger partial charge in [0.2, 0.25) is 0 Å². The first kappa shape index (κ1) is 20.1. The molecule has 0 bridgehead atoms. The third-order valence-electron chi connectivity index (χ3n) is 4.96. The highest BCUT2D eigenvalue weighted by atomic mass is 16.3. The second-order valence-corrected chi connectivity index (χ2v) is 7.47. The molecule has 4 nitrogen and oxygen atoms in total. The van der Waals surface area contributed by atoms with Crippen molar-refractivity contribution >= 4 is 5.69 Å². The Bertz CT molecular complexity index is 814. The van der Waals surface area contributed by atoms with E-state index in [0.717, 1.165) is 22.4 Å². The van der Waals surface area contributed by atoms with E-state index in [1.165, 1.54) is 0 Å². The maximum absolute atomic E-state index is 11.8. The summed E-state index contributed by atoms with van der Waals surface area (Å²) in [5.74, 6) is 0. The van der Waals surface area contributed by atoms with Crippen LogP contribution in [0.1, 0.15) is 16.7 Å². The normalized spacial score (nSPS) is 12.0. The highest BCUT2D eigenvalue weighted by molar-refractivity contribution is 5.52. The van der Waals surface area contributed by atoms with Crippen LogP contribution in [0.25, 0.3) is 0 Å². The molecule has 0 aliphatic carbocycles. The Balaban J connectivity index is 1.98. The summed E-state index contributed by atoms with van der Waals surface area (Å²) in [6.45, 7) is 0. The Hall–Kier alpha value is -2.66. The van der Waals surface area contributed by atoms with Crippen molar-refractivity contribution in [3.05, 3.63) is 102 Å². The highest BCUT2D eigenvalue weighted by Gasteiger charge is 2.33. The number of nitrogens with zero attached hydrogens (tertiary/aromatic N) is 2. The lowest BCUT2D eigenvalue weighted by Gasteiger charge is -2.33. The molecule has 28 heavy (non-hydrogen) atoms. The quantitative estimate of drug-likeness (QED) is 0.487. The molecule has 0 saturated heterocycles. The molecule has 0 atom stereocenters. The SMILES string of the molecule is CN(C)C(Nc1ccc(C(O)(c2ccccc2)c2ccccc2)cc1)N(C)C. The smallest absolute Gasteiger partial charge is 0.140 e. The van der Waals surface area contributed by atoms with Gasteiger partial charge in [0, 0.05) is 5.69 Å².